The second-order valence-electron chi connectivity index (χ2n) is 1.20. The Kier molecular flexibility index (Phi) is 0.957. The fourth-order valence-electron chi connectivity index (χ4n) is 0.282. The van der Waals surface area contributed by atoms with E-state index < -0.39 is 0 Å². The predicted molar refractivity (Wildman–Crippen MR) is 25.3 cm³/mol. The average Bonchev–Trinajstić information content (AvgIpc) is 2.12. The number of rotatable bonds is 1. The zero-order chi connectivity index (χ0) is 5.98. The molecule has 3 N–H and O–H groups in total. The molecule has 0 aliphatic rings. The van der Waals surface area contributed by atoms with Crippen molar-refractivity contribution in [1.29, 1.82) is 5.41 Å². The molecule has 0 spiro atoms. The van der Waals surface area contributed by atoms with Gasteiger partial charge >= 0.3 is 0 Å². The van der Waals surface area contributed by atoms with Crippen molar-refractivity contribution in [2.24, 2.45) is 5.73 Å². The van der Waals surface area contributed by atoms with Crippen LogP contribution in [0.5, 0.6) is 0 Å². The summed E-state index contributed by atoms with van der Waals surface area (Å²) in [4.78, 5) is 0. The van der Waals surface area contributed by atoms with E-state index in [1.165, 1.54) is 6.26 Å². The second-order valence-corrected chi connectivity index (χ2v) is 1.20. The van der Waals surface area contributed by atoms with Gasteiger partial charge in [0.25, 0.3) is 0 Å². The normalized spacial score (nSPS) is 9.00. The van der Waals surface area contributed by atoms with Crippen molar-refractivity contribution in [2.75, 3.05) is 0 Å². The van der Waals surface area contributed by atoms with Gasteiger partial charge in [-0.1, -0.05) is 0 Å². The Balaban J connectivity index is 2.93. The maximum Gasteiger partial charge on any atom is 0.168 e. The number of nitrogens with one attached hydrogen (secondary N) is 1. The third-order valence-electron chi connectivity index (χ3n) is 0.636. The number of nitrogens with two attached hydrogens (primary N) is 1. The molecule has 8 heavy (non-hydrogen) atoms. The molecular weight excluding hydrogens is 108 g/mol. The topological polar surface area (TPSA) is 88.8 Å². The van der Waals surface area contributed by atoms with E-state index >= 15 is 0 Å². The van der Waals surface area contributed by atoms with Gasteiger partial charge in [0.15, 0.2) is 12.0 Å². The fourth-order valence-corrected chi connectivity index (χ4v) is 0.282. The maximum absolute atomic E-state index is 6.77. The van der Waals surface area contributed by atoms with Crippen molar-refractivity contribution in [1.82, 2.24) is 10.4 Å². The number of aromatic nitrogens is 2. The van der Waals surface area contributed by atoms with E-state index in [1.54, 1.807) is 0 Å². The van der Waals surface area contributed by atoms with Gasteiger partial charge in [0.1, 0.15) is 5.84 Å². The molecule has 0 saturated carbocycles. The van der Waals surface area contributed by atoms with Gasteiger partial charge in [-0.05, 0) is 0 Å². The highest BCUT2D eigenvalue weighted by molar-refractivity contribution is 5.92. The molecule has 0 aliphatic heterocycles. The highest BCUT2D eigenvalue weighted by Crippen LogP contribution is 1.85. The van der Waals surface area contributed by atoms with Crippen LogP contribution < -0.4 is 5.73 Å². The maximum atomic E-state index is 6.77. The van der Waals surface area contributed by atoms with Gasteiger partial charge in [0.05, 0.1) is 0 Å². The fraction of sp³-hybridized carbons (Fsp3) is 0. The Morgan fingerprint density at radius 1 is 1.88 bits per heavy atom. The lowest BCUT2D eigenvalue weighted by molar-refractivity contribution is 0.393. The molecule has 42 valence electrons. The molecular formula is C3H4N4O. The molecule has 0 saturated heterocycles. The van der Waals surface area contributed by atoms with E-state index in [0.717, 1.165) is 0 Å². The molecule has 0 atom stereocenters. The van der Waals surface area contributed by atoms with Gasteiger partial charge < -0.3 is 10.3 Å². The summed E-state index contributed by atoms with van der Waals surface area (Å²) in [6.45, 7) is 0. The summed E-state index contributed by atoms with van der Waals surface area (Å²) in [5.74, 6) is -0.133. The molecule has 1 rings (SSSR count). The number of amidine groups is 1. The van der Waals surface area contributed by atoms with Crippen molar-refractivity contribution in [3.05, 3.63) is 12.0 Å². The SMILES string of the molecule is N=C(N)c1conn1. The Bertz CT molecular complexity index is 179. The number of hydrogen-bond donors (Lipinski definition) is 2. The van der Waals surface area contributed by atoms with E-state index in [9.17, 15) is 0 Å². The van der Waals surface area contributed by atoms with E-state index in [1.807, 2.05) is 0 Å². The molecule has 5 heteroatoms. The molecule has 1 aromatic heterocycles. The summed E-state index contributed by atoms with van der Waals surface area (Å²) in [5.41, 5.74) is 5.25. The molecule has 0 amide bonds. The minimum atomic E-state index is -0.133. The summed E-state index contributed by atoms with van der Waals surface area (Å²) < 4.78 is 4.29. The quantitative estimate of drug-likeness (QED) is 0.373. The molecule has 0 fully saturated rings. The van der Waals surface area contributed by atoms with Crippen LogP contribution in [0.3, 0.4) is 0 Å². The summed E-state index contributed by atoms with van der Waals surface area (Å²) in [6, 6.07) is 0. The molecule has 1 aromatic rings. The highest BCUT2D eigenvalue weighted by Gasteiger charge is 1.97. The number of nitrogen functional groups attached to an aromatic ring is 1. The van der Waals surface area contributed by atoms with Gasteiger partial charge in [-0.3, -0.25) is 5.41 Å². The van der Waals surface area contributed by atoms with Crippen LogP contribution in [0, 0.1) is 5.41 Å². The predicted octanol–water partition coefficient (Wildman–Crippen LogP) is -0.646. The standard InChI is InChI=1S/C3H4N4O/c4-3(5)2-1-8-7-6-2/h1H,(H3,4,5). The third-order valence-corrected chi connectivity index (χ3v) is 0.636. The Hall–Kier alpha value is -1.39. The largest absolute Gasteiger partial charge is 0.382 e. The first-order valence-electron chi connectivity index (χ1n) is 1.92. The van der Waals surface area contributed by atoms with Crippen molar-refractivity contribution in [3.8, 4) is 0 Å². The summed E-state index contributed by atoms with van der Waals surface area (Å²) in [7, 11) is 0. The van der Waals surface area contributed by atoms with E-state index in [0.29, 0.717) is 0 Å². The molecule has 0 unspecified atom stereocenters. The smallest absolute Gasteiger partial charge is 0.168 e. The van der Waals surface area contributed by atoms with E-state index in [-0.39, 0.29) is 11.5 Å². The average molecular weight is 112 g/mol. The third kappa shape index (κ3) is 0.651. The van der Waals surface area contributed by atoms with Crippen LogP contribution in [0.15, 0.2) is 10.8 Å². The van der Waals surface area contributed by atoms with Crippen molar-refractivity contribution in [2.45, 2.75) is 0 Å². The van der Waals surface area contributed by atoms with E-state index in [4.69, 9.17) is 11.1 Å². The Morgan fingerprint density at radius 2 is 2.62 bits per heavy atom. The lowest BCUT2D eigenvalue weighted by Crippen LogP contribution is -2.11. The number of nitrogens with zero attached hydrogens (tertiary/aromatic N) is 2. The molecule has 0 bridgehead atoms. The molecule has 0 radical (unpaired) electrons. The summed E-state index contributed by atoms with van der Waals surface area (Å²) in [5, 5.41) is 13.2. The van der Waals surface area contributed by atoms with Crippen LogP contribution in [0.4, 0.5) is 0 Å². The van der Waals surface area contributed by atoms with Crippen molar-refractivity contribution in [3.63, 3.8) is 0 Å². The number of hydrogen-bond acceptors (Lipinski definition) is 4. The summed E-state index contributed by atoms with van der Waals surface area (Å²) in [6.07, 6.45) is 1.21. The van der Waals surface area contributed by atoms with Crippen LogP contribution in [0.25, 0.3) is 0 Å². The zero-order valence-electron chi connectivity index (χ0n) is 3.96. The van der Waals surface area contributed by atoms with Gasteiger partial charge in [-0.15, -0.1) is 5.10 Å². The lowest BCUT2D eigenvalue weighted by Gasteiger charge is -1.80. The van der Waals surface area contributed by atoms with Crippen LogP contribution in [0.2, 0.25) is 0 Å². The molecule has 5 nitrogen and oxygen atoms in total. The van der Waals surface area contributed by atoms with Gasteiger partial charge in [0, 0.05) is 5.27 Å². The zero-order valence-corrected chi connectivity index (χ0v) is 3.96. The molecule has 0 aliphatic carbocycles. The van der Waals surface area contributed by atoms with E-state index in [2.05, 4.69) is 14.9 Å². The van der Waals surface area contributed by atoms with Crippen molar-refractivity contribution >= 4 is 5.84 Å². The summed E-state index contributed by atoms with van der Waals surface area (Å²) >= 11 is 0. The van der Waals surface area contributed by atoms with Crippen LogP contribution in [0.1, 0.15) is 5.69 Å². The lowest BCUT2D eigenvalue weighted by atomic mass is 10.5. The minimum Gasteiger partial charge on any atom is -0.382 e. The Labute approximate surface area is 45.0 Å². The highest BCUT2D eigenvalue weighted by atomic mass is 16.5. The van der Waals surface area contributed by atoms with Crippen LogP contribution in [-0.2, 0) is 0 Å². The van der Waals surface area contributed by atoms with Crippen LogP contribution >= 0.6 is 0 Å². The Morgan fingerprint density at radius 3 is 2.88 bits per heavy atom. The van der Waals surface area contributed by atoms with Gasteiger partial charge in [-0.2, -0.15) is 0 Å². The molecule has 0 aromatic carbocycles. The van der Waals surface area contributed by atoms with Gasteiger partial charge in [-0.25, -0.2) is 0 Å². The first kappa shape index (κ1) is 4.76. The molecule has 1 heterocycles. The first-order chi connectivity index (χ1) is 3.80. The monoisotopic (exact) mass is 112 g/mol. The second kappa shape index (κ2) is 1.61. The first-order valence-corrected chi connectivity index (χ1v) is 1.92. The van der Waals surface area contributed by atoms with Gasteiger partial charge in [0.2, 0.25) is 0 Å². The van der Waals surface area contributed by atoms with Crippen molar-refractivity contribution < 1.29 is 4.52 Å². The minimum absolute atomic E-state index is 0.133. The van der Waals surface area contributed by atoms with Crippen LogP contribution in [-0.4, -0.2) is 16.2 Å².